The zero-order valence-corrected chi connectivity index (χ0v) is 12.3. The van der Waals surface area contributed by atoms with Crippen LogP contribution in [0.25, 0.3) is 11.0 Å². The van der Waals surface area contributed by atoms with Gasteiger partial charge in [0.15, 0.2) is 0 Å². The molecule has 0 aliphatic heterocycles. The Morgan fingerprint density at radius 3 is 2.74 bits per heavy atom. The minimum atomic E-state index is 0.536. The standard InChI is InChI=1S/C16H25N3/c1-4-8-19-15-7-6-12(3)9-14(15)18-16(19)10-13(5-2)11-17/h6-7,9,13H,4-5,8,10-11,17H2,1-3H3. The average molecular weight is 259 g/mol. The smallest absolute Gasteiger partial charge is 0.110 e. The normalized spacial score (nSPS) is 13.1. The van der Waals surface area contributed by atoms with Gasteiger partial charge in [-0.15, -0.1) is 0 Å². The van der Waals surface area contributed by atoms with Crippen LogP contribution in [-0.2, 0) is 13.0 Å². The topological polar surface area (TPSA) is 43.8 Å². The van der Waals surface area contributed by atoms with E-state index in [1.807, 2.05) is 0 Å². The van der Waals surface area contributed by atoms with E-state index in [1.54, 1.807) is 0 Å². The molecule has 0 radical (unpaired) electrons. The molecule has 0 spiro atoms. The van der Waals surface area contributed by atoms with Crippen molar-refractivity contribution in [3.8, 4) is 0 Å². The molecule has 0 bridgehead atoms. The summed E-state index contributed by atoms with van der Waals surface area (Å²) in [4.78, 5) is 4.84. The van der Waals surface area contributed by atoms with Crippen LogP contribution in [0.1, 0.15) is 38.1 Å². The fourth-order valence-electron chi connectivity index (χ4n) is 2.57. The minimum Gasteiger partial charge on any atom is -0.330 e. The van der Waals surface area contributed by atoms with Gasteiger partial charge in [0, 0.05) is 13.0 Å². The second kappa shape index (κ2) is 6.20. The van der Waals surface area contributed by atoms with E-state index >= 15 is 0 Å². The Labute approximate surface area is 115 Å². The van der Waals surface area contributed by atoms with Gasteiger partial charge in [0.1, 0.15) is 5.82 Å². The van der Waals surface area contributed by atoms with Crippen LogP contribution < -0.4 is 5.73 Å². The summed E-state index contributed by atoms with van der Waals surface area (Å²) in [6, 6.07) is 6.54. The molecule has 19 heavy (non-hydrogen) atoms. The molecule has 0 aliphatic carbocycles. The van der Waals surface area contributed by atoms with Crippen LogP contribution in [0.15, 0.2) is 18.2 Å². The summed E-state index contributed by atoms with van der Waals surface area (Å²) < 4.78 is 2.37. The Hall–Kier alpha value is -1.35. The number of imidazole rings is 1. The predicted octanol–water partition coefficient (Wildman–Crippen LogP) is 3.28. The lowest BCUT2D eigenvalue weighted by atomic mass is 10.0. The number of fused-ring (bicyclic) bond motifs is 1. The SMILES string of the molecule is CCCn1c(CC(CC)CN)nc2cc(C)ccc21. The number of nitrogens with zero attached hydrogens (tertiary/aromatic N) is 2. The molecule has 2 N–H and O–H groups in total. The fraction of sp³-hybridized carbons (Fsp3) is 0.562. The number of benzene rings is 1. The van der Waals surface area contributed by atoms with Gasteiger partial charge in [0.05, 0.1) is 11.0 Å². The number of aryl methyl sites for hydroxylation is 2. The van der Waals surface area contributed by atoms with Crippen LogP contribution in [0.4, 0.5) is 0 Å². The zero-order chi connectivity index (χ0) is 13.8. The van der Waals surface area contributed by atoms with E-state index in [-0.39, 0.29) is 0 Å². The van der Waals surface area contributed by atoms with Crippen molar-refractivity contribution in [2.45, 2.75) is 46.6 Å². The first kappa shape index (κ1) is 14.1. The van der Waals surface area contributed by atoms with Crippen LogP contribution in [0, 0.1) is 12.8 Å². The largest absolute Gasteiger partial charge is 0.330 e. The van der Waals surface area contributed by atoms with Crippen molar-refractivity contribution in [3.05, 3.63) is 29.6 Å². The molecule has 1 aromatic carbocycles. The lowest BCUT2D eigenvalue weighted by Crippen LogP contribution is -2.18. The molecule has 0 fully saturated rings. The Kier molecular flexibility index (Phi) is 4.59. The van der Waals surface area contributed by atoms with E-state index in [9.17, 15) is 0 Å². The summed E-state index contributed by atoms with van der Waals surface area (Å²) >= 11 is 0. The molecule has 2 aromatic rings. The van der Waals surface area contributed by atoms with Gasteiger partial charge >= 0.3 is 0 Å². The maximum absolute atomic E-state index is 5.84. The van der Waals surface area contributed by atoms with Crippen molar-refractivity contribution < 1.29 is 0 Å². The molecule has 3 heteroatoms. The Balaban J connectivity index is 2.43. The van der Waals surface area contributed by atoms with Gasteiger partial charge in [-0.2, -0.15) is 0 Å². The zero-order valence-electron chi connectivity index (χ0n) is 12.3. The number of nitrogens with two attached hydrogens (primary N) is 1. The van der Waals surface area contributed by atoms with E-state index < -0.39 is 0 Å². The summed E-state index contributed by atoms with van der Waals surface area (Å²) in [7, 11) is 0. The van der Waals surface area contributed by atoms with Crippen molar-refractivity contribution in [2.24, 2.45) is 11.7 Å². The molecule has 3 nitrogen and oxygen atoms in total. The number of aromatic nitrogens is 2. The van der Waals surface area contributed by atoms with Gasteiger partial charge in [-0.25, -0.2) is 4.98 Å². The first-order chi connectivity index (χ1) is 9.19. The van der Waals surface area contributed by atoms with E-state index in [0.29, 0.717) is 5.92 Å². The Morgan fingerprint density at radius 1 is 1.32 bits per heavy atom. The molecule has 0 saturated heterocycles. The molecule has 0 aliphatic rings. The first-order valence-electron chi connectivity index (χ1n) is 7.35. The summed E-state index contributed by atoms with van der Waals surface area (Å²) in [5.74, 6) is 1.73. The van der Waals surface area contributed by atoms with E-state index in [4.69, 9.17) is 10.7 Å². The van der Waals surface area contributed by atoms with Crippen LogP contribution in [0.3, 0.4) is 0 Å². The molecule has 0 amide bonds. The molecule has 2 rings (SSSR count). The highest BCUT2D eigenvalue weighted by Crippen LogP contribution is 2.21. The van der Waals surface area contributed by atoms with Crippen molar-refractivity contribution in [1.29, 1.82) is 0 Å². The average Bonchev–Trinajstić information content (AvgIpc) is 2.73. The first-order valence-corrected chi connectivity index (χ1v) is 7.35. The third-order valence-electron chi connectivity index (χ3n) is 3.81. The minimum absolute atomic E-state index is 0.536. The van der Waals surface area contributed by atoms with Gasteiger partial charge in [0.25, 0.3) is 0 Å². The molecule has 1 aromatic heterocycles. The number of hydrogen-bond donors (Lipinski definition) is 1. The molecular formula is C16H25N3. The fourth-order valence-corrected chi connectivity index (χ4v) is 2.57. The summed E-state index contributed by atoms with van der Waals surface area (Å²) in [5, 5.41) is 0. The quantitative estimate of drug-likeness (QED) is 0.865. The number of rotatable bonds is 6. The highest BCUT2D eigenvalue weighted by molar-refractivity contribution is 5.76. The predicted molar refractivity (Wildman–Crippen MR) is 81.3 cm³/mol. The highest BCUT2D eigenvalue weighted by Gasteiger charge is 2.14. The Morgan fingerprint density at radius 2 is 2.11 bits per heavy atom. The van der Waals surface area contributed by atoms with Gasteiger partial charge in [0.2, 0.25) is 0 Å². The lowest BCUT2D eigenvalue weighted by Gasteiger charge is -2.13. The third kappa shape index (κ3) is 2.98. The van der Waals surface area contributed by atoms with Gasteiger partial charge < -0.3 is 10.3 Å². The maximum Gasteiger partial charge on any atom is 0.110 e. The Bertz CT molecular complexity index is 538. The van der Waals surface area contributed by atoms with Crippen LogP contribution in [0.2, 0.25) is 0 Å². The van der Waals surface area contributed by atoms with E-state index in [1.165, 1.54) is 16.9 Å². The molecule has 0 saturated carbocycles. The molecule has 1 unspecified atom stereocenters. The molecule has 1 atom stereocenters. The highest BCUT2D eigenvalue weighted by atomic mass is 15.1. The second-order valence-electron chi connectivity index (χ2n) is 5.39. The van der Waals surface area contributed by atoms with Gasteiger partial charge in [-0.05, 0) is 43.5 Å². The van der Waals surface area contributed by atoms with Crippen LogP contribution >= 0.6 is 0 Å². The molecular weight excluding hydrogens is 234 g/mol. The monoisotopic (exact) mass is 259 g/mol. The van der Waals surface area contributed by atoms with Gasteiger partial charge in [-0.3, -0.25) is 0 Å². The third-order valence-corrected chi connectivity index (χ3v) is 3.81. The second-order valence-corrected chi connectivity index (χ2v) is 5.39. The maximum atomic E-state index is 5.84. The summed E-state index contributed by atoms with van der Waals surface area (Å²) in [6.07, 6.45) is 3.23. The molecule has 104 valence electrons. The van der Waals surface area contributed by atoms with Crippen molar-refractivity contribution in [3.63, 3.8) is 0 Å². The summed E-state index contributed by atoms with van der Waals surface area (Å²) in [5.41, 5.74) is 9.49. The number of hydrogen-bond acceptors (Lipinski definition) is 2. The van der Waals surface area contributed by atoms with E-state index in [2.05, 4.69) is 43.5 Å². The van der Waals surface area contributed by atoms with Gasteiger partial charge in [-0.1, -0.05) is 26.3 Å². The summed E-state index contributed by atoms with van der Waals surface area (Å²) in [6.45, 7) is 8.31. The lowest BCUT2D eigenvalue weighted by molar-refractivity contribution is 0.490. The van der Waals surface area contributed by atoms with Crippen molar-refractivity contribution in [1.82, 2.24) is 9.55 Å². The molecule has 1 heterocycles. The van der Waals surface area contributed by atoms with Crippen LogP contribution in [-0.4, -0.2) is 16.1 Å². The van der Waals surface area contributed by atoms with Crippen molar-refractivity contribution >= 4 is 11.0 Å². The van der Waals surface area contributed by atoms with Crippen LogP contribution in [0.5, 0.6) is 0 Å². The van der Waals surface area contributed by atoms with Crippen molar-refractivity contribution in [2.75, 3.05) is 6.54 Å². The van der Waals surface area contributed by atoms with E-state index in [0.717, 1.165) is 37.9 Å².